The molecule has 2 aromatic rings. The molecule has 6 heteroatoms. The first-order valence-corrected chi connectivity index (χ1v) is 7.22. The third-order valence-electron chi connectivity index (χ3n) is 3.93. The van der Waals surface area contributed by atoms with Crippen LogP contribution < -0.4 is 5.73 Å². The molecule has 0 unspecified atom stereocenters. The number of rotatable bonds is 4. The van der Waals surface area contributed by atoms with E-state index in [0.717, 1.165) is 42.4 Å². The van der Waals surface area contributed by atoms with Crippen molar-refractivity contribution in [2.75, 3.05) is 0 Å². The molecule has 0 spiro atoms. The van der Waals surface area contributed by atoms with Gasteiger partial charge in [-0.25, -0.2) is 14.6 Å². The van der Waals surface area contributed by atoms with Crippen molar-refractivity contribution in [2.45, 2.75) is 45.1 Å². The molecule has 0 amide bonds. The predicted molar refractivity (Wildman–Crippen MR) is 76.8 cm³/mol. The number of nitrogens with two attached hydrogens (primary N) is 1. The van der Waals surface area contributed by atoms with Crippen LogP contribution in [0.2, 0.25) is 0 Å². The molecule has 108 valence electrons. The highest BCUT2D eigenvalue weighted by atomic mass is 15.3. The van der Waals surface area contributed by atoms with Crippen molar-refractivity contribution < 1.29 is 0 Å². The molecule has 0 bridgehead atoms. The highest BCUT2D eigenvalue weighted by molar-refractivity contribution is 5.48. The van der Waals surface area contributed by atoms with E-state index in [0.29, 0.717) is 5.92 Å². The molecule has 2 heterocycles. The number of aryl methyl sites for hydroxylation is 1. The summed E-state index contributed by atoms with van der Waals surface area (Å²) < 4.78 is 1.80. The van der Waals surface area contributed by atoms with Crippen molar-refractivity contribution in [3.63, 3.8) is 0 Å². The lowest BCUT2D eigenvalue weighted by molar-refractivity contribution is 0.240. The molecule has 3 N–H and O–H groups in total. The number of nitrogens with one attached hydrogen (secondary N) is 1. The van der Waals surface area contributed by atoms with E-state index in [1.165, 1.54) is 6.42 Å². The third-order valence-corrected chi connectivity index (χ3v) is 3.93. The molecule has 1 aliphatic rings. The number of nitrogens with zero attached hydrogens (tertiary/aromatic N) is 4. The molecule has 0 atom stereocenters. The minimum atomic E-state index is -0.266. The van der Waals surface area contributed by atoms with Crippen molar-refractivity contribution in [2.24, 2.45) is 18.7 Å². The normalized spacial score (nSPS) is 17.4. The summed E-state index contributed by atoms with van der Waals surface area (Å²) in [7, 11) is 1.91. The summed E-state index contributed by atoms with van der Waals surface area (Å²) in [6.45, 7) is 4.33. The summed E-state index contributed by atoms with van der Waals surface area (Å²) >= 11 is 0. The Labute approximate surface area is 118 Å². The van der Waals surface area contributed by atoms with Crippen LogP contribution in [0.1, 0.15) is 44.8 Å². The minimum absolute atomic E-state index is 0.266. The van der Waals surface area contributed by atoms with Crippen molar-refractivity contribution in [1.82, 2.24) is 24.7 Å². The molecule has 2 aromatic heterocycles. The SMILES string of the molecule is CC(C)Cc1nc(-c2cnc(C3(N)CCC3)[nH]2)n(C)n1. The first-order chi connectivity index (χ1) is 9.48. The second-order valence-electron chi connectivity index (χ2n) is 6.23. The molecular formula is C14H22N6. The quantitative estimate of drug-likeness (QED) is 0.889. The fraction of sp³-hybridized carbons (Fsp3) is 0.643. The van der Waals surface area contributed by atoms with Gasteiger partial charge in [0.25, 0.3) is 0 Å². The topological polar surface area (TPSA) is 85.4 Å². The maximum Gasteiger partial charge on any atom is 0.176 e. The van der Waals surface area contributed by atoms with Crippen LogP contribution in [0.5, 0.6) is 0 Å². The Bertz CT molecular complexity index is 605. The van der Waals surface area contributed by atoms with Gasteiger partial charge in [0.15, 0.2) is 11.6 Å². The lowest BCUT2D eigenvalue weighted by Gasteiger charge is -2.35. The van der Waals surface area contributed by atoms with Gasteiger partial charge in [0, 0.05) is 13.5 Å². The van der Waals surface area contributed by atoms with E-state index in [4.69, 9.17) is 5.73 Å². The highest BCUT2D eigenvalue weighted by Gasteiger charge is 2.37. The van der Waals surface area contributed by atoms with Crippen LogP contribution in [0.3, 0.4) is 0 Å². The zero-order valence-corrected chi connectivity index (χ0v) is 12.3. The molecule has 1 aliphatic carbocycles. The molecule has 1 saturated carbocycles. The van der Waals surface area contributed by atoms with Gasteiger partial charge in [0.2, 0.25) is 0 Å². The summed E-state index contributed by atoms with van der Waals surface area (Å²) in [5.41, 5.74) is 6.91. The number of hydrogen-bond acceptors (Lipinski definition) is 4. The number of H-pyrrole nitrogens is 1. The zero-order valence-electron chi connectivity index (χ0n) is 12.3. The molecular weight excluding hydrogens is 252 g/mol. The number of imidazole rings is 1. The van der Waals surface area contributed by atoms with E-state index in [9.17, 15) is 0 Å². The Morgan fingerprint density at radius 2 is 2.20 bits per heavy atom. The first-order valence-electron chi connectivity index (χ1n) is 7.22. The monoisotopic (exact) mass is 274 g/mol. The maximum atomic E-state index is 6.29. The molecule has 6 nitrogen and oxygen atoms in total. The van der Waals surface area contributed by atoms with Gasteiger partial charge in [-0.3, -0.25) is 0 Å². The Morgan fingerprint density at radius 1 is 1.45 bits per heavy atom. The van der Waals surface area contributed by atoms with Crippen LogP contribution in [-0.2, 0) is 19.0 Å². The predicted octanol–water partition coefficient (Wildman–Crippen LogP) is 1.74. The van der Waals surface area contributed by atoms with E-state index in [2.05, 4.69) is 33.9 Å². The van der Waals surface area contributed by atoms with Gasteiger partial charge < -0.3 is 10.7 Å². The van der Waals surface area contributed by atoms with Crippen LogP contribution in [0.4, 0.5) is 0 Å². The summed E-state index contributed by atoms with van der Waals surface area (Å²) in [6, 6.07) is 0. The van der Waals surface area contributed by atoms with Crippen molar-refractivity contribution in [1.29, 1.82) is 0 Å². The maximum absolute atomic E-state index is 6.29. The van der Waals surface area contributed by atoms with E-state index >= 15 is 0 Å². The minimum Gasteiger partial charge on any atom is -0.338 e. The zero-order chi connectivity index (χ0) is 14.3. The second kappa shape index (κ2) is 4.70. The van der Waals surface area contributed by atoms with E-state index in [1.54, 1.807) is 4.68 Å². The van der Waals surface area contributed by atoms with Gasteiger partial charge in [-0.15, -0.1) is 0 Å². The van der Waals surface area contributed by atoms with Gasteiger partial charge in [-0.1, -0.05) is 13.8 Å². The average Bonchev–Trinajstić information content (AvgIpc) is 2.92. The molecule has 1 fully saturated rings. The van der Waals surface area contributed by atoms with E-state index < -0.39 is 0 Å². The standard InChI is InChI=1S/C14H22N6/c1-9(2)7-11-18-12(20(3)19-11)10-8-16-13(17-10)14(15)5-4-6-14/h8-9H,4-7,15H2,1-3H3,(H,16,17). The number of hydrogen-bond donors (Lipinski definition) is 2. The molecule has 0 radical (unpaired) electrons. The van der Waals surface area contributed by atoms with Gasteiger partial charge in [0.1, 0.15) is 11.5 Å². The largest absolute Gasteiger partial charge is 0.338 e. The molecule has 0 aliphatic heterocycles. The smallest absolute Gasteiger partial charge is 0.176 e. The van der Waals surface area contributed by atoms with Crippen molar-refractivity contribution in [3.05, 3.63) is 17.8 Å². The van der Waals surface area contributed by atoms with E-state index in [1.807, 2.05) is 13.2 Å². The number of aromatic nitrogens is 5. The Balaban J connectivity index is 1.87. The van der Waals surface area contributed by atoms with Gasteiger partial charge in [-0.2, -0.15) is 5.10 Å². The molecule has 20 heavy (non-hydrogen) atoms. The summed E-state index contributed by atoms with van der Waals surface area (Å²) in [5.74, 6) is 3.11. The fourth-order valence-electron chi connectivity index (χ4n) is 2.61. The Hall–Kier alpha value is -1.69. The molecule has 3 rings (SSSR count). The Kier molecular flexibility index (Phi) is 3.12. The average molecular weight is 274 g/mol. The Morgan fingerprint density at radius 3 is 2.80 bits per heavy atom. The van der Waals surface area contributed by atoms with Crippen LogP contribution in [0.15, 0.2) is 6.20 Å². The lowest BCUT2D eigenvalue weighted by atomic mass is 9.77. The lowest BCUT2D eigenvalue weighted by Crippen LogP contribution is -2.44. The molecule has 0 aromatic carbocycles. The highest BCUT2D eigenvalue weighted by Crippen LogP contribution is 2.37. The van der Waals surface area contributed by atoms with E-state index in [-0.39, 0.29) is 5.54 Å². The van der Waals surface area contributed by atoms with Crippen LogP contribution in [-0.4, -0.2) is 24.7 Å². The van der Waals surface area contributed by atoms with Gasteiger partial charge in [-0.05, 0) is 25.2 Å². The van der Waals surface area contributed by atoms with Crippen molar-refractivity contribution >= 4 is 0 Å². The first kappa shape index (κ1) is 13.3. The van der Waals surface area contributed by atoms with Gasteiger partial charge >= 0.3 is 0 Å². The fourth-order valence-corrected chi connectivity index (χ4v) is 2.61. The van der Waals surface area contributed by atoms with Crippen LogP contribution in [0, 0.1) is 5.92 Å². The molecule has 0 saturated heterocycles. The number of aromatic amines is 1. The van der Waals surface area contributed by atoms with Crippen LogP contribution >= 0.6 is 0 Å². The van der Waals surface area contributed by atoms with Crippen LogP contribution in [0.25, 0.3) is 11.5 Å². The third kappa shape index (κ3) is 2.24. The summed E-state index contributed by atoms with van der Waals surface area (Å²) in [4.78, 5) is 12.4. The van der Waals surface area contributed by atoms with Gasteiger partial charge in [0.05, 0.1) is 11.7 Å². The van der Waals surface area contributed by atoms with Crippen molar-refractivity contribution in [3.8, 4) is 11.5 Å². The summed E-state index contributed by atoms with van der Waals surface area (Å²) in [5, 5.41) is 4.46. The summed E-state index contributed by atoms with van der Waals surface area (Å²) in [6.07, 6.45) is 5.87. The second-order valence-corrected chi connectivity index (χ2v) is 6.23.